The summed E-state index contributed by atoms with van der Waals surface area (Å²) >= 11 is 5.81. The molecule has 0 aliphatic rings. The summed E-state index contributed by atoms with van der Waals surface area (Å²) < 4.78 is 36.2. The molecule has 2 amide bonds. The van der Waals surface area contributed by atoms with Crippen LogP contribution in [0.2, 0.25) is 5.02 Å². The van der Waals surface area contributed by atoms with Crippen LogP contribution in [0, 0.1) is 0 Å². The Morgan fingerprint density at radius 3 is 2.29 bits per heavy atom. The van der Waals surface area contributed by atoms with E-state index in [1.165, 1.54) is 30.3 Å². The van der Waals surface area contributed by atoms with Crippen LogP contribution in [-0.2, 0) is 11.3 Å². The molecule has 2 rings (SSSR count). The standard InChI is InChI=1S/C16H12ClF3N2O2/c17-12-3-1-2-11(8-12)14(23)22-13-6-4-10(5-7-13)9-21-15(24)16(18,19)20/h1-8H,9H2,(H,21,24)(H,22,23). The third-order valence-electron chi connectivity index (χ3n) is 3.01. The number of rotatable bonds is 4. The molecule has 0 aromatic heterocycles. The second-order valence-corrected chi connectivity index (χ2v) is 5.28. The molecular weight excluding hydrogens is 345 g/mol. The maximum Gasteiger partial charge on any atom is 0.471 e. The maximum absolute atomic E-state index is 12.1. The number of alkyl halides is 3. The van der Waals surface area contributed by atoms with E-state index in [4.69, 9.17) is 11.6 Å². The zero-order chi connectivity index (χ0) is 17.7. The van der Waals surface area contributed by atoms with Gasteiger partial charge in [-0.25, -0.2) is 0 Å². The Morgan fingerprint density at radius 2 is 1.71 bits per heavy atom. The first-order valence-electron chi connectivity index (χ1n) is 6.76. The molecule has 0 bridgehead atoms. The summed E-state index contributed by atoms with van der Waals surface area (Å²) in [6, 6.07) is 12.5. The Bertz CT molecular complexity index is 746. The molecule has 0 radical (unpaired) electrons. The van der Waals surface area contributed by atoms with E-state index in [0.29, 0.717) is 21.8 Å². The van der Waals surface area contributed by atoms with Gasteiger partial charge in [-0.15, -0.1) is 0 Å². The molecule has 24 heavy (non-hydrogen) atoms. The maximum atomic E-state index is 12.1. The number of halogens is 4. The van der Waals surface area contributed by atoms with Gasteiger partial charge < -0.3 is 10.6 Å². The van der Waals surface area contributed by atoms with E-state index in [-0.39, 0.29) is 12.5 Å². The molecule has 126 valence electrons. The molecule has 0 unspecified atom stereocenters. The van der Waals surface area contributed by atoms with Crippen molar-refractivity contribution in [3.8, 4) is 0 Å². The second kappa shape index (κ2) is 7.35. The van der Waals surface area contributed by atoms with Crippen molar-refractivity contribution in [1.29, 1.82) is 0 Å². The number of hydrogen-bond acceptors (Lipinski definition) is 2. The number of hydrogen-bond donors (Lipinski definition) is 2. The van der Waals surface area contributed by atoms with Crippen LogP contribution in [0.1, 0.15) is 15.9 Å². The Balaban J connectivity index is 1.95. The lowest BCUT2D eigenvalue weighted by Crippen LogP contribution is -2.36. The van der Waals surface area contributed by atoms with Crippen LogP contribution in [0.4, 0.5) is 18.9 Å². The van der Waals surface area contributed by atoms with Crippen molar-refractivity contribution in [3.05, 3.63) is 64.7 Å². The van der Waals surface area contributed by atoms with Crippen LogP contribution in [0.25, 0.3) is 0 Å². The molecule has 0 atom stereocenters. The van der Waals surface area contributed by atoms with Crippen molar-refractivity contribution in [2.75, 3.05) is 5.32 Å². The molecule has 0 saturated carbocycles. The molecule has 0 fully saturated rings. The minimum absolute atomic E-state index is 0.263. The molecule has 0 spiro atoms. The Kier molecular flexibility index (Phi) is 5.46. The van der Waals surface area contributed by atoms with Gasteiger partial charge in [0.2, 0.25) is 0 Å². The van der Waals surface area contributed by atoms with Crippen LogP contribution in [0.5, 0.6) is 0 Å². The van der Waals surface area contributed by atoms with Crippen molar-refractivity contribution in [2.24, 2.45) is 0 Å². The number of amides is 2. The van der Waals surface area contributed by atoms with Gasteiger partial charge in [-0.2, -0.15) is 13.2 Å². The fraction of sp³-hybridized carbons (Fsp3) is 0.125. The van der Waals surface area contributed by atoms with Gasteiger partial charge in [0.05, 0.1) is 0 Å². The molecule has 0 heterocycles. The lowest BCUT2D eigenvalue weighted by Gasteiger charge is -2.09. The molecule has 8 heteroatoms. The van der Waals surface area contributed by atoms with Crippen LogP contribution < -0.4 is 10.6 Å². The lowest BCUT2D eigenvalue weighted by molar-refractivity contribution is -0.173. The van der Waals surface area contributed by atoms with E-state index < -0.39 is 12.1 Å². The average molecular weight is 357 g/mol. The van der Waals surface area contributed by atoms with Gasteiger partial charge >= 0.3 is 12.1 Å². The first kappa shape index (κ1) is 17.8. The predicted octanol–water partition coefficient (Wildman–Crippen LogP) is 3.77. The normalized spacial score (nSPS) is 11.0. The van der Waals surface area contributed by atoms with E-state index in [1.807, 2.05) is 0 Å². The van der Waals surface area contributed by atoms with Gasteiger partial charge in [-0.3, -0.25) is 9.59 Å². The molecule has 2 aromatic carbocycles. The van der Waals surface area contributed by atoms with Gasteiger partial charge in [-0.05, 0) is 35.9 Å². The third-order valence-corrected chi connectivity index (χ3v) is 3.24. The second-order valence-electron chi connectivity index (χ2n) is 4.84. The first-order valence-corrected chi connectivity index (χ1v) is 7.14. The Morgan fingerprint density at radius 1 is 1.04 bits per heavy atom. The summed E-state index contributed by atoms with van der Waals surface area (Å²) in [7, 11) is 0. The summed E-state index contributed by atoms with van der Waals surface area (Å²) in [5, 5.41) is 4.83. The summed E-state index contributed by atoms with van der Waals surface area (Å²) in [6.45, 7) is -0.263. The number of carbonyl (C=O) groups is 2. The van der Waals surface area contributed by atoms with Crippen molar-refractivity contribution in [2.45, 2.75) is 12.7 Å². The zero-order valence-electron chi connectivity index (χ0n) is 12.2. The van der Waals surface area contributed by atoms with Crippen molar-refractivity contribution >= 4 is 29.1 Å². The largest absolute Gasteiger partial charge is 0.471 e. The van der Waals surface area contributed by atoms with Gasteiger partial charge in [0.1, 0.15) is 0 Å². The SMILES string of the molecule is O=C(Nc1ccc(CNC(=O)C(F)(F)F)cc1)c1cccc(Cl)c1. The minimum atomic E-state index is -4.91. The van der Waals surface area contributed by atoms with Crippen molar-refractivity contribution < 1.29 is 22.8 Å². The smallest absolute Gasteiger partial charge is 0.344 e. The number of nitrogens with one attached hydrogen (secondary N) is 2. The fourth-order valence-corrected chi connectivity index (χ4v) is 2.01. The highest BCUT2D eigenvalue weighted by Gasteiger charge is 2.38. The molecule has 4 nitrogen and oxygen atoms in total. The lowest BCUT2D eigenvalue weighted by atomic mass is 10.2. The Hall–Kier alpha value is -2.54. The molecule has 0 saturated heterocycles. The van der Waals surface area contributed by atoms with E-state index in [9.17, 15) is 22.8 Å². The number of carbonyl (C=O) groups excluding carboxylic acids is 2. The molecular formula is C16H12ClF3N2O2. The van der Waals surface area contributed by atoms with Crippen LogP contribution >= 0.6 is 11.6 Å². The van der Waals surface area contributed by atoms with Crippen LogP contribution in [0.3, 0.4) is 0 Å². The third kappa shape index (κ3) is 4.99. The molecule has 0 aliphatic carbocycles. The highest BCUT2D eigenvalue weighted by Crippen LogP contribution is 2.16. The van der Waals surface area contributed by atoms with Gasteiger partial charge in [0.25, 0.3) is 5.91 Å². The topological polar surface area (TPSA) is 58.2 Å². The van der Waals surface area contributed by atoms with Gasteiger partial charge in [-0.1, -0.05) is 29.8 Å². The van der Waals surface area contributed by atoms with E-state index in [2.05, 4.69) is 5.32 Å². The summed E-state index contributed by atoms with van der Waals surface area (Å²) in [6.07, 6.45) is -4.91. The zero-order valence-corrected chi connectivity index (χ0v) is 12.9. The van der Waals surface area contributed by atoms with Crippen LogP contribution in [0.15, 0.2) is 48.5 Å². The molecule has 0 aliphatic heterocycles. The minimum Gasteiger partial charge on any atom is -0.344 e. The van der Waals surface area contributed by atoms with E-state index in [0.717, 1.165) is 0 Å². The highest BCUT2D eigenvalue weighted by molar-refractivity contribution is 6.31. The number of anilines is 1. The van der Waals surface area contributed by atoms with Crippen molar-refractivity contribution in [1.82, 2.24) is 5.32 Å². The fourth-order valence-electron chi connectivity index (χ4n) is 1.82. The average Bonchev–Trinajstić information content (AvgIpc) is 2.53. The van der Waals surface area contributed by atoms with E-state index >= 15 is 0 Å². The molecule has 2 N–H and O–H groups in total. The summed E-state index contributed by atoms with van der Waals surface area (Å²) in [5.74, 6) is -2.36. The summed E-state index contributed by atoms with van der Waals surface area (Å²) in [5.41, 5.74) is 1.31. The first-order chi connectivity index (χ1) is 11.3. The van der Waals surface area contributed by atoms with Crippen LogP contribution in [-0.4, -0.2) is 18.0 Å². The quantitative estimate of drug-likeness (QED) is 0.876. The number of benzene rings is 2. The van der Waals surface area contributed by atoms with Gasteiger partial charge in [0, 0.05) is 22.8 Å². The van der Waals surface area contributed by atoms with Crippen molar-refractivity contribution in [3.63, 3.8) is 0 Å². The highest BCUT2D eigenvalue weighted by atomic mass is 35.5. The van der Waals surface area contributed by atoms with Gasteiger partial charge in [0.15, 0.2) is 0 Å². The predicted molar refractivity (Wildman–Crippen MR) is 83.7 cm³/mol. The monoisotopic (exact) mass is 356 g/mol. The van der Waals surface area contributed by atoms with E-state index in [1.54, 1.807) is 23.5 Å². The summed E-state index contributed by atoms with van der Waals surface area (Å²) in [4.78, 5) is 22.8. The molecule has 2 aromatic rings. The Labute approximate surface area is 140 Å².